The third-order valence-electron chi connectivity index (χ3n) is 3.38. The minimum Gasteiger partial charge on any atom is -0.322 e. The zero-order valence-corrected chi connectivity index (χ0v) is 12.3. The Kier molecular flexibility index (Phi) is 3.57. The largest absolute Gasteiger partial charge is 0.322 e. The molecule has 0 atom stereocenters. The van der Waals surface area contributed by atoms with Gasteiger partial charge in [-0.05, 0) is 60.7 Å². The van der Waals surface area contributed by atoms with Crippen LogP contribution in [0.1, 0.15) is 34.7 Å². The van der Waals surface area contributed by atoms with Gasteiger partial charge in [-0.1, -0.05) is 22.0 Å². The fourth-order valence-corrected chi connectivity index (χ4v) is 2.57. The molecular formula is C16H13BrFNO. The monoisotopic (exact) mass is 333 g/mol. The highest BCUT2D eigenvalue weighted by molar-refractivity contribution is 9.10. The zero-order chi connectivity index (χ0) is 14.1. The molecule has 2 aromatic carbocycles. The summed E-state index contributed by atoms with van der Waals surface area (Å²) in [6.07, 6.45) is 2.27. The molecule has 0 bridgehead atoms. The van der Waals surface area contributed by atoms with E-state index < -0.39 is 0 Å². The molecule has 102 valence electrons. The third-order valence-corrected chi connectivity index (χ3v) is 3.87. The van der Waals surface area contributed by atoms with Crippen molar-refractivity contribution in [2.24, 2.45) is 0 Å². The molecule has 1 N–H and O–H groups in total. The molecule has 1 amide bonds. The molecule has 1 aliphatic carbocycles. The Morgan fingerprint density at radius 2 is 1.85 bits per heavy atom. The number of hydrogen-bond donors (Lipinski definition) is 1. The number of hydrogen-bond acceptors (Lipinski definition) is 1. The van der Waals surface area contributed by atoms with Crippen LogP contribution in [0.2, 0.25) is 0 Å². The summed E-state index contributed by atoms with van der Waals surface area (Å²) in [4.78, 5) is 12.4. The summed E-state index contributed by atoms with van der Waals surface area (Å²) in [6, 6.07) is 11.6. The SMILES string of the molecule is O=C(Nc1ccc(F)cc1)c1cc(Br)ccc1C1CC1. The molecule has 20 heavy (non-hydrogen) atoms. The predicted molar refractivity (Wildman–Crippen MR) is 80.5 cm³/mol. The van der Waals surface area contributed by atoms with Gasteiger partial charge in [-0.15, -0.1) is 0 Å². The van der Waals surface area contributed by atoms with E-state index in [0.29, 0.717) is 17.2 Å². The van der Waals surface area contributed by atoms with Gasteiger partial charge < -0.3 is 5.32 Å². The molecule has 0 unspecified atom stereocenters. The lowest BCUT2D eigenvalue weighted by Crippen LogP contribution is -2.14. The van der Waals surface area contributed by atoms with Crippen molar-refractivity contribution in [3.05, 3.63) is 63.9 Å². The smallest absolute Gasteiger partial charge is 0.255 e. The number of anilines is 1. The van der Waals surface area contributed by atoms with Crippen LogP contribution in [0.5, 0.6) is 0 Å². The van der Waals surface area contributed by atoms with Crippen molar-refractivity contribution in [1.82, 2.24) is 0 Å². The molecule has 0 saturated heterocycles. The summed E-state index contributed by atoms with van der Waals surface area (Å²) in [5, 5.41) is 2.81. The van der Waals surface area contributed by atoms with Crippen LogP contribution in [0, 0.1) is 5.82 Å². The van der Waals surface area contributed by atoms with Crippen LogP contribution >= 0.6 is 15.9 Å². The van der Waals surface area contributed by atoms with Gasteiger partial charge in [0.25, 0.3) is 5.91 Å². The zero-order valence-electron chi connectivity index (χ0n) is 10.7. The highest BCUT2D eigenvalue weighted by Gasteiger charge is 2.28. The first kappa shape index (κ1) is 13.3. The second-order valence-corrected chi connectivity index (χ2v) is 5.88. The standard InChI is InChI=1S/C16H13BrFNO/c17-11-3-8-14(10-1-2-10)15(9-11)16(20)19-13-6-4-12(18)5-7-13/h3-10H,1-2H2,(H,19,20). The maximum Gasteiger partial charge on any atom is 0.255 e. The van der Waals surface area contributed by atoms with Crippen LogP contribution in [-0.4, -0.2) is 5.91 Å². The third kappa shape index (κ3) is 2.90. The quantitative estimate of drug-likeness (QED) is 0.865. The van der Waals surface area contributed by atoms with Crippen molar-refractivity contribution in [1.29, 1.82) is 0 Å². The highest BCUT2D eigenvalue weighted by atomic mass is 79.9. The molecule has 1 aliphatic rings. The summed E-state index contributed by atoms with van der Waals surface area (Å²) in [5.41, 5.74) is 2.37. The summed E-state index contributed by atoms with van der Waals surface area (Å²) in [7, 11) is 0. The molecule has 0 aliphatic heterocycles. The first-order chi connectivity index (χ1) is 9.63. The maximum absolute atomic E-state index is 12.9. The van der Waals surface area contributed by atoms with Crippen LogP contribution in [0.15, 0.2) is 46.9 Å². The Bertz CT molecular complexity index is 650. The van der Waals surface area contributed by atoms with E-state index in [4.69, 9.17) is 0 Å². The van der Waals surface area contributed by atoms with Crippen LogP contribution < -0.4 is 5.32 Å². The van der Waals surface area contributed by atoms with Crippen molar-refractivity contribution in [2.75, 3.05) is 5.32 Å². The van der Waals surface area contributed by atoms with E-state index in [2.05, 4.69) is 21.2 Å². The molecular weight excluding hydrogens is 321 g/mol. The van der Waals surface area contributed by atoms with E-state index in [1.54, 1.807) is 12.1 Å². The average Bonchev–Trinajstić information content (AvgIpc) is 3.26. The van der Waals surface area contributed by atoms with Crippen molar-refractivity contribution < 1.29 is 9.18 Å². The minimum atomic E-state index is -0.316. The molecule has 0 radical (unpaired) electrons. The summed E-state index contributed by atoms with van der Waals surface area (Å²) < 4.78 is 13.7. The molecule has 1 saturated carbocycles. The number of nitrogens with one attached hydrogen (secondary N) is 1. The second-order valence-electron chi connectivity index (χ2n) is 4.97. The summed E-state index contributed by atoms with van der Waals surface area (Å²) >= 11 is 3.40. The number of amides is 1. The first-order valence-electron chi connectivity index (χ1n) is 6.50. The summed E-state index contributed by atoms with van der Waals surface area (Å²) in [6.45, 7) is 0. The van der Waals surface area contributed by atoms with E-state index in [9.17, 15) is 9.18 Å². The lowest BCUT2D eigenvalue weighted by Gasteiger charge is -2.10. The van der Waals surface area contributed by atoms with E-state index in [1.165, 1.54) is 12.1 Å². The van der Waals surface area contributed by atoms with Gasteiger partial charge in [0, 0.05) is 15.7 Å². The summed E-state index contributed by atoms with van der Waals surface area (Å²) in [5.74, 6) is 0.0287. The second kappa shape index (κ2) is 5.37. The highest BCUT2D eigenvalue weighted by Crippen LogP contribution is 2.42. The van der Waals surface area contributed by atoms with Gasteiger partial charge in [0.1, 0.15) is 5.82 Å². The maximum atomic E-state index is 12.9. The minimum absolute atomic E-state index is 0.153. The average molecular weight is 334 g/mol. The fourth-order valence-electron chi connectivity index (χ4n) is 2.21. The van der Waals surface area contributed by atoms with Crippen molar-refractivity contribution in [3.63, 3.8) is 0 Å². The number of rotatable bonds is 3. The molecule has 2 aromatic rings. The molecule has 2 nitrogen and oxygen atoms in total. The van der Waals surface area contributed by atoms with Gasteiger partial charge in [0.15, 0.2) is 0 Å². The van der Waals surface area contributed by atoms with E-state index >= 15 is 0 Å². The molecule has 0 spiro atoms. The number of carbonyl (C=O) groups excluding carboxylic acids is 1. The van der Waals surface area contributed by atoms with Crippen LogP contribution in [0.3, 0.4) is 0 Å². The molecule has 0 aromatic heterocycles. The van der Waals surface area contributed by atoms with Crippen molar-refractivity contribution in [3.8, 4) is 0 Å². The lowest BCUT2D eigenvalue weighted by atomic mass is 10.0. The van der Waals surface area contributed by atoms with Gasteiger partial charge in [0.05, 0.1) is 0 Å². The molecule has 3 rings (SSSR count). The topological polar surface area (TPSA) is 29.1 Å². The Morgan fingerprint density at radius 3 is 2.50 bits per heavy atom. The van der Waals surface area contributed by atoms with Gasteiger partial charge in [0.2, 0.25) is 0 Å². The van der Waals surface area contributed by atoms with Crippen molar-refractivity contribution in [2.45, 2.75) is 18.8 Å². The number of benzene rings is 2. The Balaban J connectivity index is 1.86. The van der Waals surface area contributed by atoms with Gasteiger partial charge in [-0.25, -0.2) is 4.39 Å². The van der Waals surface area contributed by atoms with Crippen molar-refractivity contribution >= 4 is 27.5 Å². The van der Waals surface area contributed by atoms with Crippen LogP contribution in [0.25, 0.3) is 0 Å². The van der Waals surface area contributed by atoms with Gasteiger partial charge in [-0.2, -0.15) is 0 Å². The van der Waals surface area contributed by atoms with Gasteiger partial charge >= 0.3 is 0 Å². The van der Waals surface area contributed by atoms with Gasteiger partial charge in [-0.3, -0.25) is 4.79 Å². The number of halogens is 2. The van der Waals surface area contributed by atoms with E-state index in [-0.39, 0.29) is 11.7 Å². The lowest BCUT2D eigenvalue weighted by molar-refractivity contribution is 0.102. The normalized spacial score (nSPS) is 14.1. The van der Waals surface area contributed by atoms with E-state index in [0.717, 1.165) is 22.9 Å². The van der Waals surface area contributed by atoms with E-state index in [1.807, 2.05) is 18.2 Å². The fraction of sp³-hybridized carbons (Fsp3) is 0.188. The Hall–Kier alpha value is -1.68. The molecule has 1 fully saturated rings. The predicted octanol–water partition coefficient (Wildman–Crippen LogP) is 4.72. The van der Waals surface area contributed by atoms with Crippen LogP contribution in [-0.2, 0) is 0 Å². The Labute approximate surface area is 125 Å². The first-order valence-corrected chi connectivity index (χ1v) is 7.29. The molecule has 0 heterocycles. The van der Waals surface area contributed by atoms with Crippen LogP contribution in [0.4, 0.5) is 10.1 Å². The molecule has 4 heteroatoms. The Morgan fingerprint density at radius 1 is 1.15 bits per heavy atom. The number of carbonyl (C=O) groups is 1.